The molecule has 0 aliphatic carbocycles. The third-order valence-electron chi connectivity index (χ3n) is 4.32. The molecule has 3 aromatic rings. The Hall–Kier alpha value is -1.98. The number of rotatable bonds is 2. The van der Waals surface area contributed by atoms with Gasteiger partial charge in [0.25, 0.3) is 0 Å². The van der Waals surface area contributed by atoms with E-state index in [1.54, 1.807) is 11.8 Å². The third kappa shape index (κ3) is 2.01. The number of hydrogen-bond acceptors (Lipinski definition) is 3. The fraction of sp³-hybridized carbons (Fsp3) is 0.235. The number of aryl methyl sites for hydroxylation is 1. The minimum absolute atomic E-state index is 0.0458. The Bertz CT molecular complexity index is 887. The van der Waals surface area contributed by atoms with E-state index in [0.29, 0.717) is 5.75 Å². The molecule has 0 saturated carbocycles. The normalized spacial score (nSPS) is 21.7. The highest BCUT2D eigenvalue weighted by Gasteiger charge is 2.30. The largest absolute Gasteiger partial charge is 0.480 e. The number of benzene rings is 2. The van der Waals surface area contributed by atoms with Gasteiger partial charge in [-0.25, -0.2) is 0 Å². The molecule has 2 N–H and O–H groups in total. The van der Waals surface area contributed by atoms with Gasteiger partial charge in [-0.15, -0.1) is 11.8 Å². The van der Waals surface area contributed by atoms with Crippen LogP contribution in [0.2, 0.25) is 0 Å². The Morgan fingerprint density at radius 3 is 2.77 bits per heavy atom. The van der Waals surface area contributed by atoms with Crippen molar-refractivity contribution in [2.75, 3.05) is 5.75 Å². The lowest BCUT2D eigenvalue weighted by molar-refractivity contribution is -0.138. The van der Waals surface area contributed by atoms with Crippen molar-refractivity contribution >= 4 is 39.5 Å². The van der Waals surface area contributed by atoms with Crippen LogP contribution in [0.3, 0.4) is 0 Å². The van der Waals surface area contributed by atoms with Gasteiger partial charge >= 0.3 is 5.97 Å². The molecule has 0 bridgehead atoms. The molecule has 5 heteroatoms. The van der Waals surface area contributed by atoms with Crippen molar-refractivity contribution in [2.45, 2.75) is 11.4 Å². The Labute approximate surface area is 132 Å². The van der Waals surface area contributed by atoms with Gasteiger partial charge in [-0.05, 0) is 23.8 Å². The number of hydrogen-bond donors (Lipinski definition) is 2. The van der Waals surface area contributed by atoms with Crippen LogP contribution in [0.5, 0.6) is 0 Å². The Kier molecular flexibility index (Phi) is 3.13. The van der Waals surface area contributed by atoms with Crippen LogP contribution in [0.15, 0.2) is 42.5 Å². The Morgan fingerprint density at radius 1 is 1.23 bits per heavy atom. The summed E-state index contributed by atoms with van der Waals surface area (Å²) < 4.78 is 2.20. The lowest BCUT2D eigenvalue weighted by Gasteiger charge is -2.11. The Morgan fingerprint density at radius 2 is 2.00 bits per heavy atom. The van der Waals surface area contributed by atoms with Crippen molar-refractivity contribution in [2.24, 2.45) is 7.05 Å². The van der Waals surface area contributed by atoms with E-state index in [0.717, 1.165) is 5.56 Å². The first kappa shape index (κ1) is 13.7. The third-order valence-corrected chi connectivity index (χ3v) is 5.59. The average molecular weight is 312 g/mol. The smallest absolute Gasteiger partial charge is 0.321 e. The molecule has 0 radical (unpaired) electrons. The summed E-state index contributed by atoms with van der Waals surface area (Å²) in [5.74, 6) is -0.172. The highest BCUT2D eigenvalue weighted by Crippen LogP contribution is 2.36. The molecular weight excluding hydrogens is 296 g/mol. The van der Waals surface area contributed by atoms with Crippen molar-refractivity contribution in [3.05, 3.63) is 48.0 Å². The first-order valence-corrected chi connectivity index (χ1v) is 8.27. The highest BCUT2D eigenvalue weighted by atomic mass is 32.2. The molecule has 1 aliphatic heterocycles. The fourth-order valence-corrected chi connectivity index (χ4v) is 4.38. The second-order valence-electron chi connectivity index (χ2n) is 5.62. The van der Waals surface area contributed by atoms with Gasteiger partial charge in [-0.1, -0.05) is 24.3 Å². The minimum atomic E-state index is -0.777. The first-order chi connectivity index (χ1) is 10.6. The fourth-order valence-electron chi connectivity index (χ4n) is 3.16. The van der Waals surface area contributed by atoms with E-state index in [-0.39, 0.29) is 5.37 Å². The molecule has 1 saturated heterocycles. The summed E-state index contributed by atoms with van der Waals surface area (Å²) >= 11 is 1.65. The van der Waals surface area contributed by atoms with Gasteiger partial charge in [0.15, 0.2) is 0 Å². The SMILES string of the molecule is Cn1c2ccccc2c2cc([C@@H]3N[C@H](C(=O)O)CS3)ccc21. The van der Waals surface area contributed by atoms with Crippen LogP contribution < -0.4 is 5.32 Å². The summed E-state index contributed by atoms with van der Waals surface area (Å²) in [5.41, 5.74) is 3.55. The molecule has 22 heavy (non-hydrogen) atoms. The van der Waals surface area contributed by atoms with Gasteiger partial charge in [-0.2, -0.15) is 0 Å². The summed E-state index contributed by atoms with van der Waals surface area (Å²) in [4.78, 5) is 11.1. The van der Waals surface area contributed by atoms with Gasteiger partial charge < -0.3 is 9.67 Å². The van der Waals surface area contributed by atoms with E-state index in [9.17, 15) is 4.79 Å². The Balaban J connectivity index is 1.81. The van der Waals surface area contributed by atoms with Crippen molar-refractivity contribution in [3.8, 4) is 0 Å². The van der Waals surface area contributed by atoms with Crippen LogP contribution in [0.4, 0.5) is 0 Å². The van der Waals surface area contributed by atoms with E-state index in [4.69, 9.17) is 5.11 Å². The molecular formula is C17H16N2O2S. The average Bonchev–Trinajstić information content (AvgIpc) is 3.13. The zero-order valence-electron chi connectivity index (χ0n) is 12.1. The van der Waals surface area contributed by atoms with E-state index < -0.39 is 12.0 Å². The number of thioether (sulfide) groups is 1. The maximum atomic E-state index is 11.1. The number of aliphatic carboxylic acids is 1. The predicted octanol–water partition coefficient (Wildman–Crippen LogP) is 3.12. The van der Waals surface area contributed by atoms with E-state index >= 15 is 0 Å². The molecule has 1 aromatic heterocycles. The number of fused-ring (bicyclic) bond motifs is 3. The number of carbonyl (C=O) groups is 1. The number of carboxylic acids is 1. The number of aromatic nitrogens is 1. The summed E-state index contributed by atoms with van der Waals surface area (Å²) in [5, 5.41) is 14.8. The summed E-state index contributed by atoms with van der Waals surface area (Å²) in [6.07, 6.45) is 0. The van der Waals surface area contributed by atoms with Gasteiger partial charge in [0.1, 0.15) is 6.04 Å². The topological polar surface area (TPSA) is 54.3 Å². The quantitative estimate of drug-likeness (QED) is 0.763. The van der Waals surface area contributed by atoms with Crippen molar-refractivity contribution in [1.82, 2.24) is 9.88 Å². The number of para-hydroxylation sites is 1. The van der Waals surface area contributed by atoms with Crippen LogP contribution in [0.25, 0.3) is 21.8 Å². The van der Waals surface area contributed by atoms with Gasteiger partial charge in [-0.3, -0.25) is 10.1 Å². The molecule has 2 atom stereocenters. The van der Waals surface area contributed by atoms with E-state index in [1.807, 2.05) is 6.07 Å². The molecule has 4 nitrogen and oxygen atoms in total. The molecule has 0 amide bonds. The van der Waals surface area contributed by atoms with Gasteiger partial charge in [0.05, 0.1) is 5.37 Å². The summed E-state index contributed by atoms with van der Waals surface area (Å²) in [6, 6.07) is 14.3. The number of nitrogens with one attached hydrogen (secondary N) is 1. The lowest BCUT2D eigenvalue weighted by Crippen LogP contribution is -2.33. The van der Waals surface area contributed by atoms with Crippen LogP contribution in [0.1, 0.15) is 10.9 Å². The maximum Gasteiger partial charge on any atom is 0.321 e. The van der Waals surface area contributed by atoms with Crippen LogP contribution in [-0.4, -0.2) is 27.4 Å². The van der Waals surface area contributed by atoms with Crippen molar-refractivity contribution in [3.63, 3.8) is 0 Å². The number of nitrogens with zero attached hydrogens (tertiary/aromatic N) is 1. The van der Waals surface area contributed by atoms with Crippen LogP contribution in [-0.2, 0) is 11.8 Å². The molecule has 1 aliphatic rings. The predicted molar refractivity (Wildman–Crippen MR) is 90.2 cm³/mol. The molecule has 0 spiro atoms. The first-order valence-electron chi connectivity index (χ1n) is 7.22. The zero-order valence-corrected chi connectivity index (χ0v) is 12.9. The summed E-state index contributed by atoms with van der Waals surface area (Å²) in [7, 11) is 2.08. The van der Waals surface area contributed by atoms with E-state index in [2.05, 4.69) is 53.3 Å². The molecule has 2 aromatic carbocycles. The number of carboxylic acid groups (broad SMARTS) is 1. The molecule has 1 fully saturated rings. The van der Waals surface area contributed by atoms with E-state index in [1.165, 1.54) is 21.8 Å². The van der Waals surface area contributed by atoms with Crippen LogP contribution in [0, 0.1) is 0 Å². The van der Waals surface area contributed by atoms with Gasteiger partial charge in [0.2, 0.25) is 0 Å². The maximum absolute atomic E-state index is 11.1. The second kappa shape index (κ2) is 5.04. The highest BCUT2D eigenvalue weighted by molar-refractivity contribution is 7.99. The summed E-state index contributed by atoms with van der Waals surface area (Å²) in [6.45, 7) is 0. The monoisotopic (exact) mass is 312 g/mol. The van der Waals surface area contributed by atoms with Gasteiger partial charge in [0, 0.05) is 34.6 Å². The van der Waals surface area contributed by atoms with Crippen LogP contribution >= 0.6 is 11.8 Å². The second-order valence-corrected chi connectivity index (χ2v) is 6.76. The molecule has 0 unspecified atom stereocenters. The molecule has 4 rings (SSSR count). The zero-order chi connectivity index (χ0) is 15.3. The van der Waals surface area contributed by atoms with Crippen molar-refractivity contribution in [1.29, 1.82) is 0 Å². The lowest BCUT2D eigenvalue weighted by atomic mass is 10.1. The standard InChI is InChI=1S/C17H16N2O2S/c1-19-14-5-3-2-4-11(14)12-8-10(6-7-15(12)19)16-18-13(9-22-16)17(20)21/h2-8,13,16,18H,9H2,1H3,(H,20,21)/t13-,16+/m0/s1. The minimum Gasteiger partial charge on any atom is -0.480 e. The molecule has 112 valence electrons. The van der Waals surface area contributed by atoms with Crippen molar-refractivity contribution < 1.29 is 9.90 Å². The molecule has 2 heterocycles.